The average molecular weight is 518 g/mol. The molecule has 0 N–H and O–H groups in total. The van der Waals surface area contributed by atoms with Gasteiger partial charge < -0.3 is 14.0 Å². The van der Waals surface area contributed by atoms with Crippen molar-refractivity contribution in [3.05, 3.63) is 52.8 Å². The standard InChI is InChI=1S/C25H31N3O5S2/c1-3-33-21-9-8-10-22-23(21)28(17-18-32-2)25(34-22)26-24(29)19-11-13-20(14-12-19)35(30,31)27-15-6-4-5-7-16-27/h8-14H,3-7,15-18H2,1-2H3. The van der Waals surface area contributed by atoms with Gasteiger partial charge >= 0.3 is 0 Å². The Labute approximate surface area is 209 Å². The van der Waals surface area contributed by atoms with Crippen LogP contribution in [-0.4, -0.2) is 56.6 Å². The Morgan fingerprint density at radius 1 is 1.06 bits per heavy atom. The number of para-hydroxylation sites is 1. The van der Waals surface area contributed by atoms with Crippen LogP contribution in [0.1, 0.15) is 43.0 Å². The topological polar surface area (TPSA) is 90.2 Å². The lowest BCUT2D eigenvalue weighted by molar-refractivity contribution is 0.0997. The second kappa shape index (κ2) is 11.5. The first-order valence-electron chi connectivity index (χ1n) is 11.9. The van der Waals surface area contributed by atoms with E-state index in [1.54, 1.807) is 11.4 Å². The fraction of sp³-hybridized carbons (Fsp3) is 0.440. The molecule has 0 saturated carbocycles. The van der Waals surface area contributed by atoms with Gasteiger partial charge in [0.2, 0.25) is 10.0 Å². The minimum absolute atomic E-state index is 0.203. The van der Waals surface area contributed by atoms with Gasteiger partial charge in [0.25, 0.3) is 5.91 Å². The molecule has 0 spiro atoms. The van der Waals surface area contributed by atoms with E-state index < -0.39 is 15.9 Å². The predicted octanol–water partition coefficient (Wildman–Crippen LogP) is 4.05. The maximum absolute atomic E-state index is 13.0. The summed E-state index contributed by atoms with van der Waals surface area (Å²) in [5, 5.41) is 0. The molecule has 10 heteroatoms. The highest BCUT2D eigenvalue weighted by Crippen LogP contribution is 2.28. The molecule has 1 aromatic heterocycles. The summed E-state index contributed by atoms with van der Waals surface area (Å²) >= 11 is 1.40. The van der Waals surface area contributed by atoms with Gasteiger partial charge in [-0.05, 0) is 56.2 Å². The van der Waals surface area contributed by atoms with Gasteiger partial charge in [-0.3, -0.25) is 4.79 Å². The molecule has 0 unspecified atom stereocenters. The van der Waals surface area contributed by atoms with Gasteiger partial charge in [0.15, 0.2) is 4.80 Å². The third-order valence-electron chi connectivity index (χ3n) is 5.98. The highest BCUT2D eigenvalue weighted by molar-refractivity contribution is 7.89. The molecule has 1 saturated heterocycles. The summed E-state index contributed by atoms with van der Waals surface area (Å²) in [7, 11) is -1.94. The first-order valence-corrected chi connectivity index (χ1v) is 14.1. The van der Waals surface area contributed by atoms with Gasteiger partial charge in [-0.15, -0.1) is 0 Å². The van der Waals surface area contributed by atoms with E-state index in [-0.39, 0.29) is 4.90 Å². The number of thiazole rings is 1. The zero-order valence-electron chi connectivity index (χ0n) is 20.1. The Balaban J connectivity index is 1.66. The van der Waals surface area contributed by atoms with Crippen LogP contribution in [0.5, 0.6) is 5.75 Å². The zero-order valence-corrected chi connectivity index (χ0v) is 21.7. The van der Waals surface area contributed by atoms with Gasteiger partial charge in [0.1, 0.15) is 11.3 Å². The largest absolute Gasteiger partial charge is 0.492 e. The highest BCUT2D eigenvalue weighted by atomic mass is 32.2. The van der Waals surface area contributed by atoms with E-state index in [4.69, 9.17) is 9.47 Å². The maximum atomic E-state index is 13.0. The minimum Gasteiger partial charge on any atom is -0.492 e. The fourth-order valence-electron chi connectivity index (χ4n) is 4.20. The molecule has 2 heterocycles. The van der Waals surface area contributed by atoms with Gasteiger partial charge in [-0.2, -0.15) is 9.30 Å². The van der Waals surface area contributed by atoms with E-state index in [9.17, 15) is 13.2 Å². The van der Waals surface area contributed by atoms with Crippen molar-refractivity contribution in [1.29, 1.82) is 0 Å². The monoisotopic (exact) mass is 517 g/mol. The number of aromatic nitrogens is 1. The number of fused-ring (bicyclic) bond motifs is 1. The first-order chi connectivity index (χ1) is 17.0. The predicted molar refractivity (Wildman–Crippen MR) is 136 cm³/mol. The Kier molecular flexibility index (Phi) is 8.38. The van der Waals surface area contributed by atoms with Crippen LogP contribution in [0.25, 0.3) is 10.2 Å². The molecule has 3 aromatic rings. The van der Waals surface area contributed by atoms with E-state index >= 15 is 0 Å². The third kappa shape index (κ3) is 5.66. The van der Waals surface area contributed by atoms with Crippen LogP contribution in [0, 0.1) is 0 Å². The van der Waals surface area contributed by atoms with Crippen LogP contribution >= 0.6 is 11.3 Å². The maximum Gasteiger partial charge on any atom is 0.279 e. The summed E-state index contributed by atoms with van der Waals surface area (Å²) in [4.78, 5) is 18.2. The molecule has 0 radical (unpaired) electrons. The van der Waals surface area contributed by atoms with E-state index in [1.807, 2.05) is 29.7 Å². The molecule has 0 bridgehead atoms. The number of sulfonamides is 1. The normalized spacial score (nSPS) is 15.9. The number of rotatable bonds is 8. The second-order valence-electron chi connectivity index (χ2n) is 8.32. The molecule has 35 heavy (non-hydrogen) atoms. The zero-order chi connectivity index (χ0) is 24.8. The van der Waals surface area contributed by atoms with Crippen molar-refractivity contribution in [1.82, 2.24) is 8.87 Å². The second-order valence-corrected chi connectivity index (χ2v) is 11.3. The Morgan fingerprint density at radius 2 is 1.77 bits per heavy atom. The summed E-state index contributed by atoms with van der Waals surface area (Å²) in [5.74, 6) is 0.300. The lowest BCUT2D eigenvalue weighted by atomic mass is 10.2. The van der Waals surface area contributed by atoms with Crippen molar-refractivity contribution in [2.45, 2.75) is 44.0 Å². The number of ether oxygens (including phenoxy) is 2. The molecular formula is C25H31N3O5S2. The van der Waals surface area contributed by atoms with Crippen LogP contribution in [0.15, 0.2) is 52.4 Å². The first kappa shape index (κ1) is 25.6. The summed E-state index contributed by atoms with van der Waals surface area (Å²) in [5.41, 5.74) is 1.21. The Morgan fingerprint density at radius 3 is 2.43 bits per heavy atom. The molecule has 2 aromatic carbocycles. The molecular weight excluding hydrogens is 486 g/mol. The number of hydrogen-bond donors (Lipinski definition) is 0. The number of carbonyl (C=O) groups is 1. The summed E-state index contributed by atoms with van der Waals surface area (Å²) in [6.07, 6.45) is 3.85. The fourth-order valence-corrected chi connectivity index (χ4v) is 6.79. The van der Waals surface area contributed by atoms with Crippen LogP contribution in [0.4, 0.5) is 0 Å². The SMILES string of the molecule is CCOc1cccc2sc(=NC(=O)c3ccc(S(=O)(=O)N4CCCCCC4)cc3)n(CCOC)c12. The Hall–Kier alpha value is -2.53. The lowest BCUT2D eigenvalue weighted by Crippen LogP contribution is -2.31. The van der Waals surface area contributed by atoms with Gasteiger partial charge in [-0.1, -0.05) is 30.2 Å². The molecule has 8 nitrogen and oxygen atoms in total. The summed E-state index contributed by atoms with van der Waals surface area (Å²) < 4.78 is 41.6. The van der Waals surface area contributed by atoms with Crippen molar-refractivity contribution < 1.29 is 22.7 Å². The third-order valence-corrected chi connectivity index (χ3v) is 8.94. The summed E-state index contributed by atoms with van der Waals surface area (Å²) in [6, 6.07) is 11.9. The van der Waals surface area contributed by atoms with Crippen molar-refractivity contribution in [3.8, 4) is 5.75 Å². The van der Waals surface area contributed by atoms with Gasteiger partial charge in [0.05, 0.1) is 22.8 Å². The van der Waals surface area contributed by atoms with Crippen LogP contribution in [0.3, 0.4) is 0 Å². The highest BCUT2D eigenvalue weighted by Gasteiger charge is 2.25. The molecule has 188 valence electrons. The Bertz CT molecular complexity index is 1340. The van der Waals surface area contributed by atoms with Crippen molar-refractivity contribution in [3.63, 3.8) is 0 Å². The van der Waals surface area contributed by atoms with E-state index in [0.717, 1.165) is 41.6 Å². The van der Waals surface area contributed by atoms with Crippen LogP contribution < -0.4 is 9.54 Å². The number of methoxy groups -OCH3 is 1. The van der Waals surface area contributed by atoms with Crippen molar-refractivity contribution in [2.75, 3.05) is 33.4 Å². The molecule has 0 atom stereocenters. The number of carbonyl (C=O) groups excluding carboxylic acids is 1. The van der Waals surface area contributed by atoms with E-state index in [1.165, 1.54) is 35.6 Å². The average Bonchev–Trinajstić information content (AvgIpc) is 3.01. The quantitative estimate of drug-likeness (QED) is 0.450. The van der Waals surface area contributed by atoms with Crippen LogP contribution in [0.2, 0.25) is 0 Å². The van der Waals surface area contributed by atoms with Crippen molar-refractivity contribution >= 4 is 37.5 Å². The molecule has 0 aliphatic carbocycles. The lowest BCUT2D eigenvalue weighted by Gasteiger charge is -2.19. The van der Waals surface area contributed by atoms with Crippen LogP contribution in [-0.2, 0) is 21.3 Å². The molecule has 1 aliphatic rings. The molecule has 4 rings (SSSR count). The minimum atomic E-state index is -3.57. The molecule has 1 amide bonds. The van der Waals surface area contributed by atoms with E-state index in [2.05, 4.69) is 4.99 Å². The number of hydrogen-bond acceptors (Lipinski definition) is 6. The smallest absolute Gasteiger partial charge is 0.279 e. The van der Waals surface area contributed by atoms with E-state index in [0.29, 0.717) is 43.2 Å². The number of amides is 1. The van der Waals surface area contributed by atoms with Crippen molar-refractivity contribution in [2.24, 2.45) is 4.99 Å². The van der Waals surface area contributed by atoms with Gasteiger partial charge in [0, 0.05) is 32.3 Å². The number of nitrogens with zero attached hydrogens (tertiary/aromatic N) is 3. The molecule has 1 aliphatic heterocycles. The van der Waals surface area contributed by atoms with Gasteiger partial charge in [-0.25, -0.2) is 8.42 Å². The summed E-state index contributed by atoms with van der Waals surface area (Å²) in [6.45, 7) is 4.50. The molecule has 1 fully saturated rings. The number of benzene rings is 2.